The van der Waals surface area contributed by atoms with E-state index in [2.05, 4.69) is 15.4 Å². The smallest absolute Gasteiger partial charge is 0.261 e. The number of benzene rings is 1. The average Bonchev–Trinajstić information content (AvgIpc) is 3.26. The Balaban J connectivity index is 1.68. The Kier molecular flexibility index (Phi) is 5.38. The van der Waals surface area contributed by atoms with Crippen molar-refractivity contribution in [3.8, 4) is 11.4 Å². The molecule has 6 nitrogen and oxygen atoms in total. The highest BCUT2D eigenvalue weighted by Gasteiger charge is 2.17. The molecule has 0 radical (unpaired) electrons. The summed E-state index contributed by atoms with van der Waals surface area (Å²) in [4.78, 5) is 17.1. The summed E-state index contributed by atoms with van der Waals surface area (Å²) in [6, 6.07) is 4.99. The van der Waals surface area contributed by atoms with Crippen LogP contribution in [0, 0.1) is 11.6 Å². The average molecular weight is 377 g/mol. The third-order valence-corrected chi connectivity index (χ3v) is 4.81. The van der Waals surface area contributed by atoms with Crippen LogP contribution in [0.3, 0.4) is 0 Å². The van der Waals surface area contributed by atoms with E-state index < -0.39 is 17.7 Å². The molecule has 1 amide bonds. The Morgan fingerprint density at radius 2 is 2.15 bits per heavy atom. The molecule has 0 aliphatic carbocycles. The summed E-state index contributed by atoms with van der Waals surface area (Å²) < 4.78 is 28.0. The van der Waals surface area contributed by atoms with Gasteiger partial charge >= 0.3 is 0 Å². The molecule has 0 aliphatic rings. The molecule has 136 valence electrons. The van der Waals surface area contributed by atoms with Crippen LogP contribution >= 0.6 is 11.3 Å². The van der Waals surface area contributed by atoms with Gasteiger partial charge in [0.15, 0.2) is 17.5 Å². The van der Waals surface area contributed by atoms with E-state index >= 15 is 0 Å². The molecule has 3 aromatic rings. The maximum absolute atomic E-state index is 13.3. The molecule has 0 saturated carbocycles. The second-order valence-corrected chi connectivity index (χ2v) is 6.68. The minimum absolute atomic E-state index is 0.173. The molecule has 1 atom stereocenters. The third kappa shape index (κ3) is 3.94. The maximum atomic E-state index is 13.3. The molecule has 0 saturated heterocycles. The van der Waals surface area contributed by atoms with Crippen molar-refractivity contribution in [3.63, 3.8) is 0 Å². The van der Waals surface area contributed by atoms with Crippen molar-refractivity contribution >= 4 is 17.2 Å². The normalized spacial score (nSPS) is 12.2. The number of nitrogens with zero attached hydrogens (tertiary/aromatic N) is 3. The van der Waals surface area contributed by atoms with Crippen LogP contribution in [0.5, 0.6) is 0 Å². The van der Waals surface area contributed by atoms with Crippen LogP contribution in [-0.2, 0) is 13.5 Å². The Morgan fingerprint density at radius 3 is 2.81 bits per heavy atom. The van der Waals surface area contributed by atoms with Gasteiger partial charge in [0.1, 0.15) is 6.33 Å². The Bertz CT molecular complexity index is 924. The summed E-state index contributed by atoms with van der Waals surface area (Å²) in [5.41, 5.74) is 7.07. The van der Waals surface area contributed by atoms with E-state index in [9.17, 15) is 13.6 Å². The fourth-order valence-electron chi connectivity index (χ4n) is 2.53. The van der Waals surface area contributed by atoms with Gasteiger partial charge < -0.3 is 11.1 Å². The number of carbonyl (C=O) groups is 1. The zero-order valence-electron chi connectivity index (χ0n) is 13.9. The molecule has 3 N–H and O–H groups in total. The molecule has 26 heavy (non-hydrogen) atoms. The number of thiophene rings is 1. The molecule has 2 aromatic heterocycles. The first-order valence-electron chi connectivity index (χ1n) is 7.85. The van der Waals surface area contributed by atoms with Gasteiger partial charge in [-0.05, 0) is 30.2 Å². The molecule has 0 aliphatic heterocycles. The molecule has 9 heteroatoms. The van der Waals surface area contributed by atoms with Crippen molar-refractivity contribution in [1.82, 2.24) is 20.1 Å². The lowest BCUT2D eigenvalue weighted by atomic mass is 10.1. The van der Waals surface area contributed by atoms with Gasteiger partial charge in [0.2, 0.25) is 0 Å². The van der Waals surface area contributed by atoms with Gasteiger partial charge in [-0.25, -0.2) is 18.4 Å². The van der Waals surface area contributed by atoms with Gasteiger partial charge in [0.05, 0.1) is 4.88 Å². The summed E-state index contributed by atoms with van der Waals surface area (Å²) in [6.07, 6.45) is 1.75. The fourth-order valence-corrected chi connectivity index (χ4v) is 3.32. The van der Waals surface area contributed by atoms with Crippen LogP contribution in [0.25, 0.3) is 11.4 Å². The SMILES string of the molecule is Cn1ncnc1-c1csc(C(=O)N[C@H](CN)Cc2ccc(F)c(F)c2)c1. The van der Waals surface area contributed by atoms with Crippen LogP contribution in [0.1, 0.15) is 15.2 Å². The Labute approximate surface area is 152 Å². The number of aromatic nitrogens is 3. The topological polar surface area (TPSA) is 85.8 Å². The summed E-state index contributed by atoms with van der Waals surface area (Å²) in [6.45, 7) is 0.173. The Morgan fingerprint density at radius 1 is 1.35 bits per heavy atom. The Hall–Kier alpha value is -2.65. The van der Waals surface area contributed by atoms with E-state index in [1.54, 1.807) is 17.8 Å². The number of carbonyl (C=O) groups excluding carboxylic acids is 1. The number of hydrogen-bond donors (Lipinski definition) is 2. The van der Waals surface area contributed by atoms with Crippen molar-refractivity contribution in [2.75, 3.05) is 6.54 Å². The van der Waals surface area contributed by atoms with Crippen LogP contribution in [-0.4, -0.2) is 33.3 Å². The van der Waals surface area contributed by atoms with Crippen LogP contribution in [0.2, 0.25) is 0 Å². The molecule has 0 fully saturated rings. The molecular formula is C17H17F2N5OS. The lowest BCUT2D eigenvalue weighted by Gasteiger charge is -2.16. The third-order valence-electron chi connectivity index (χ3n) is 3.88. The van der Waals surface area contributed by atoms with Crippen molar-refractivity contribution < 1.29 is 13.6 Å². The fraction of sp³-hybridized carbons (Fsp3) is 0.235. The first-order valence-corrected chi connectivity index (χ1v) is 8.73. The number of nitrogens with one attached hydrogen (secondary N) is 1. The van der Waals surface area contributed by atoms with Crippen LogP contribution in [0.4, 0.5) is 8.78 Å². The van der Waals surface area contributed by atoms with Gasteiger partial charge in [-0.1, -0.05) is 6.07 Å². The van der Waals surface area contributed by atoms with Gasteiger partial charge in [0.25, 0.3) is 5.91 Å². The van der Waals surface area contributed by atoms with Gasteiger partial charge in [-0.3, -0.25) is 4.79 Å². The first-order chi connectivity index (χ1) is 12.5. The molecule has 2 heterocycles. The van der Waals surface area contributed by atoms with Crippen LogP contribution in [0.15, 0.2) is 36.0 Å². The lowest BCUT2D eigenvalue weighted by molar-refractivity contribution is 0.0942. The van der Waals surface area contributed by atoms with Crippen molar-refractivity contribution in [3.05, 3.63) is 58.0 Å². The summed E-state index contributed by atoms with van der Waals surface area (Å²) in [5.74, 6) is -1.44. The van der Waals surface area contributed by atoms with Gasteiger partial charge in [0, 0.05) is 30.6 Å². The zero-order valence-corrected chi connectivity index (χ0v) is 14.8. The van der Waals surface area contributed by atoms with Gasteiger partial charge in [-0.15, -0.1) is 11.3 Å². The molecule has 0 bridgehead atoms. The molecule has 0 unspecified atom stereocenters. The maximum Gasteiger partial charge on any atom is 0.261 e. The predicted octanol–water partition coefficient (Wildman–Crippen LogP) is 2.12. The lowest BCUT2D eigenvalue weighted by Crippen LogP contribution is -2.41. The summed E-state index contributed by atoms with van der Waals surface area (Å²) in [7, 11) is 1.77. The molecular weight excluding hydrogens is 360 g/mol. The first kappa shape index (κ1) is 18.2. The minimum atomic E-state index is -0.920. The second-order valence-electron chi connectivity index (χ2n) is 5.77. The molecule has 1 aromatic carbocycles. The van der Waals surface area contributed by atoms with Gasteiger partial charge in [-0.2, -0.15) is 5.10 Å². The largest absolute Gasteiger partial charge is 0.347 e. The zero-order chi connectivity index (χ0) is 18.7. The molecule has 0 spiro atoms. The van der Waals surface area contributed by atoms with Crippen molar-refractivity contribution in [2.45, 2.75) is 12.5 Å². The number of amides is 1. The van der Waals surface area contributed by atoms with Crippen molar-refractivity contribution in [1.29, 1.82) is 0 Å². The monoisotopic (exact) mass is 377 g/mol. The minimum Gasteiger partial charge on any atom is -0.347 e. The van der Waals surface area contributed by atoms with Crippen molar-refractivity contribution in [2.24, 2.45) is 12.8 Å². The summed E-state index contributed by atoms with van der Waals surface area (Å²) >= 11 is 1.28. The van der Waals surface area contributed by atoms with E-state index in [0.29, 0.717) is 22.7 Å². The number of rotatable bonds is 6. The highest BCUT2D eigenvalue weighted by atomic mass is 32.1. The quantitative estimate of drug-likeness (QED) is 0.689. The highest BCUT2D eigenvalue weighted by molar-refractivity contribution is 7.12. The molecule has 3 rings (SSSR count). The van der Waals surface area contributed by atoms with E-state index in [4.69, 9.17) is 5.73 Å². The van der Waals surface area contributed by atoms with E-state index in [1.165, 1.54) is 23.7 Å². The summed E-state index contributed by atoms with van der Waals surface area (Å²) in [5, 5.41) is 8.66. The number of aryl methyl sites for hydroxylation is 1. The number of nitrogens with two attached hydrogens (primary N) is 1. The standard InChI is InChI=1S/C17H17F2N5OS/c1-24-16(21-9-22-24)11-6-15(26-8-11)17(25)23-12(7-20)4-10-2-3-13(18)14(19)5-10/h2-3,5-6,8-9,12H,4,7,20H2,1H3,(H,23,25)/t12-/m0/s1. The van der Waals surface area contributed by atoms with Crippen LogP contribution < -0.4 is 11.1 Å². The van der Waals surface area contributed by atoms with E-state index in [1.807, 2.05) is 5.38 Å². The second kappa shape index (κ2) is 7.71. The number of hydrogen-bond acceptors (Lipinski definition) is 5. The highest BCUT2D eigenvalue weighted by Crippen LogP contribution is 2.23. The number of halogens is 2. The van der Waals surface area contributed by atoms with E-state index in [-0.39, 0.29) is 12.5 Å². The predicted molar refractivity (Wildman–Crippen MR) is 94.7 cm³/mol. The van der Waals surface area contributed by atoms with E-state index in [0.717, 1.165) is 17.7 Å².